The molecular weight excluding hydrogens is 339 g/mol. The summed E-state index contributed by atoms with van der Waals surface area (Å²) >= 11 is 3.27. The van der Waals surface area contributed by atoms with Crippen molar-refractivity contribution in [2.75, 3.05) is 11.9 Å². The zero-order valence-corrected chi connectivity index (χ0v) is 12.8. The maximum Gasteiger partial charge on any atom is 0.225 e. The highest BCUT2D eigenvalue weighted by Gasteiger charge is 2.03. The van der Waals surface area contributed by atoms with Crippen LogP contribution in [-0.2, 0) is 4.79 Å². The third-order valence-electron chi connectivity index (χ3n) is 2.63. The Hall–Kier alpha value is -1.95. The zero-order chi connectivity index (χ0) is 15.1. The minimum absolute atomic E-state index is 0.118. The fourth-order valence-electron chi connectivity index (χ4n) is 1.61. The monoisotopic (exact) mass is 352 g/mol. The van der Waals surface area contributed by atoms with Crippen LogP contribution in [0.5, 0.6) is 5.75 Å². The van der Waals surface area contributed by atoms with Crippen molar-refractivity contribution in [3.63, 3.8) is 0 Å². The van der Waals surface area contributed by atoms with Crippen LogP contribution in [0.2, 0.25) is 0 Å². The van der Waals surface area contributed by atoms with Crippen molar-refractivity contribution in [2.24, 2.45) is 0 Å². The lowest BCUT2D eigenvalue weighted by atomic mass is 10.3. The van der Waals surface area contributed by atoms with E-state index >= 15 is 0 Å². The van der Waals surface area contributed by atoms with Crippen molar-refractivity contribution in [3.8, 4) is 5.75 Å². The van der Waals surface area contributed by atoms with E-state index in [1.807, 2.05) is 0 Å². The molecule has 2 aromatic rings. The third-order valence-corrected chi connectivity index (χ3v) is 3.09. The molecule has 0 radical (unpaired) electrons. The van der Waals surface area contributed by atoms with E-state index in [0.717, 1.165) is 4.47 Å². The van der Waals surface area contributed by atoms with Gasteiger partial charge in [-0.15, -0.1) is 0 Å². The van der Waals surface area contributed by atoms with Gasteiger partial charge < -0.3 is 10.1 Å². The Morgan fingerprint density at radius 1 is 1.24 bits per heavy atom. The maximum absolute atomic E-state index is 12.7. The third kappa shape index (κ3) is 5.51. The quantitative estimate of drug-likeness (QED) is 0.804. The number of benzene rings is 1. The van der Waals surface area contributed by atoms with E-state index in [1.165, 1.54) is 12.1 Å². The summed E-state index contributed by atoms with van der Waals surface area (Å²) in [7, 11) is 0. The van der Waals surface area contributed by atoms with Crippen molar-refractivity contribution in [1.29, 1.82) is 0 Å². The minimum Gasteiger partial charge on any atom is -0.494 e. The summed E-state index contributed by atoms with van der Waals surface area (Å²) < 4.78 is 19.0. The largest absolute Gasteiger partial charge is 0.494 e. The molecule has 0 aliphatic heterocycles. The average molecular weight is 353 g/mol. The van der Waals surface area contributed by atoms with Crippen LogP contribution in [0.25, 0.3) is 0 Å². The van der Waals surface area contributed by atoms with Gasteiger partial charge >= 0.3 is 0 Å². The topological polar surface area (TPSA) is 51.2 Å². The van der Waals surface area contributed by atoms with Crippen LogP contribution in [0, 0.1) is 5.82 Å². The maximum atomic E-state index is 12.7. The standard InChI is InChI=1S/C15H14BrFN2O2/c16-11-3-8-14(18-10-11)19-15(20)2-1-9-21-13-6-4-12(17)5-7-13/h3-8,10H,1-2,9H2,(H,18,19,20). The summed E-state index contributed by atoms with van der Waals surface area (Å²) in [6.45, 7) is 0.396. The highest BCUT2D eigenvalue weighted by atomic mass is 79.9. The van der Waals surface area contributed by atoms with Crippen LogP contribution in [-0.4, -0.2) is 17.5 Å². The molecule has 1 N–H and O–H groups in total. The molecule has 0 spiro atoms. The van der Waals surface area contributed by atoms with Gasteiger partial charge in [-0.25, -0.2) is 9.37 Å². The van der Waals surface area contributed by atoms with Crippen molar-refractivity contribution in [2.45, 2.75) is 12.8 Å². The van der Waals surface area contributed by atoms with Gasteiger partial charge in [-0.05, 0) is 58.7 Å². The number of pyridine rings is 1. The summed E-state index contributed by atoms with van der Waals surface area (Å²) in [6, 6.07) is 9.31. The first kappa shape index (κ1) is 15.4. The van der Waals surface area contributed by atoms with E-state index in [9.17, 15) is 9.18 Å². The minimum atomic E-state index is -0.302. The number of hydrogen-bond donors (Lipinski definition) is 1. The number of nitrogens with zero attached hydrogens (tertiary/aromatic N) is 1. The number of rotatable bonds is 6. The van der Waals surface area contributed by atoms with Gasteiger partial charge in [0.25, 0.3) is 0 Å². The van der Waals surface area contributed by atoms with Crippen molar-refractivity contribution < 1.29 is 13.9 Å². The first-order valence-electron chi connectivity index (χ1n) is 6.43. The first-order chi connectivity index (χ1) is 10.1. The molecule has 6 heteroatoms. The Bertz CT molecular complexity index is 588. The number of amides is 1. The molecule has 110 valence electrons. The molecule has 0 unspecified atom stereocenters. The van der Waals surface area contributed by atoms with E-state index in [2.05, 4.69) is 26.2 Å². The molecule has 1 amide bonds. The first-order valence-corrected chi connectivity index (χ1v) is 7.22. The Labute approximate surface area is 130 Å². The van der Waals surface area contributed by atoms with Gasteiger partial charge in [0, 0.05) is 17.1 Å². The molecule has 1 aromatic heterocycles. The summed E-state index contributed by atoms with van der Waals surface area (Å²) in [5.74, 6) is 0.685. The SMILES string of the molecule is O=C(CCCOc1ccc(F)cc1)Nc1ccc(Br)cn1. The molecule has 0 bridgehead atoms. The van der Waals surface area contributed by atoms with E-state index in [4.69, 9.17) is 4.74 Å². The smallest absolute Gasteiger partial charge is 0.225 e. The fraction of sp³-hybridized carbons (Fsp3) is 0.200. The normalized spacial score (nSPS) is 10.2. The highest BCUT2D eigenvalue weighted by Crippen LogP contribution is 2.12. The molecular formula is C15H14BrFN2O2. The number of halogens is 2. The lowest BCUT2D eigenvalue weighted by Gasteiger charge is -2.06. The second-order valence-corrected chi connectivity index (χ2v) is 5.23. The molecule has 1 aromatic carbocycles. The number of hydrogen-bond acceptors (Lipinski definition) is 3. The Morgan fingerprint density at radius 2 is 2.00 bits per heavy atom. The van der Waals surface area contributed by atoms with Gasteiger partial charge in [0.05, 0.1) is 6.61 Å². The number of carbonyl (C=O) groups excluding carboxylic acids is 1. The summed E-state index contributed by atoms with van der Waals surface area (Å²) in [6.07, 6.45) is 2.52. The molecule has 0 aliphatic rings. The van der Waals surface area contributed by atoms with Crippen LogP contribution in [0.1, 0.15) is 12.8 Å². The lowest BCUT2D eigenvalue weighted by molar-refractivity contribution is -0.116. The van der Waals surface area contributed by atoms with Crippen molar-refractivity contribution in [3.05, 3.63) is 52.9 Å². The average Bonchev–Trinajstić information content (AvgIpc) is 2.48. The number of carbonyl (C=O) groups is 1. The number of anilines is 1. The predicted molar refractivity (Wildman–Crippen MR) is 81.7 cm³/mol. The summed E-state index contributed by atoms with van der Waals surface area (Å²) in [5, 5.41) is 2.70. The van der Waals surface area contributed by atoms with Crippen LogP contribution < -0.4 is 10.1 Å². The lowest BCUT2D eigenvalue weighted by Crippen LogP contribution is -2.13. The second-order valence-electron chi connectivity index (χ2n) is 4.32. The molecule has 0 fully saturated rings. The van der Waals surface area contributed by atoms with Crippen molar-refractivity contribution >= 4 is 27.7 Å². The number of nitrogens with one attached hydrogen (secondary N) is 1. The summed E-state index contributed by atoms with van der Waals surface area (Å²) in [4.78, 5) is 15.7. The van der Waals surface area contributed by atoms with Crippen LogP contribution >= 0.6 is 15.9 Å². The number of aromatic nitrogens is 1. The zero-order valence-electron chi connectivity index (χ0n) is 11.2. The van der Waals surface area contributed by atoms with Gasteiger partial charge in [0.15, 0.2) is 0 Å². The highest BCUT2D eigenvalue weighted by molar-refractivity contribution is 9.10. The molecule has 0 aliphatic carbocycles. The van der Waals surface area contributed by atoms with Gasteiger partial charge in [-0.2, -0.15) is 0 Å². The van der Waals surface area contributed by atoms with Crippen LogP contribution in [0.3, 0.4) is 0 Å². The Kier molecular flexibility index (Phi) is 5.68. The van der Waals surface area contributed by atoms with E-state index in [1.54, 1.807) is 30.5 Å². The molecule has 0 atom stereocenters. The van der Waals surface area contributed by atoms with Gasteiger partial charge in [-0.1, -0.05) is 0 Å². The number of ether oxygens (including phenoxy) is 1. The Balaban J connectivity index is 1.67. The van der Waals surface area contributed by atoms with Gasteiger partial charge in [0.1, 0.15) is 17.4 Å². The van der Waals surface area contributed by atoms with Crippen LogP contribution in [0.15, 0.2) is 47.1 Å². The van der Waals surface area contributed by atoms with E-state index in [-0.39, 0.29) is 11.7 Å². The molecule has 1 heterocycles. The van der Waals surface area contributed by atoms with Gasteiger partial charge in [-0.3, -0.25) is 4.79 Å². The van der Waals surface area contributed by atoms with Crippen LogP contribution in [0.4, 0.5) is 10.2 Å². The van der Waals surface area contributed by atoms with E-state index in [0.29, 0.717) is 31.0 Å². The molecule has 2 rings (SSSR count). The van der Waals surface area contributed by atoms with Gasteiger partial charge in [0.2, 0.25) is 5.91 Å². The molecule has 21 heavy (non-hydrogen) atoms. The molecule has 4 nitrogen and oxygen atoms in total. The molecule has 0 saturated heterocycles. The second kappa shape index (κ2) is 7.73. The Morgan fingerprint density at radius 3 is 2.67 bits per heavy atom. The van der Waals surface area contributed by atoms with E-state index < -0.39 is 0 Å². The molecule has 0 saturated carbocycles. The fourth-order valence-corrected chi connectivity index (χ4v) is 1.84. The summed E-state index contributed by atoms with van der Waals surface area (Å²) in [5.41, 5.74) is 0. The predicted octanol–water partition coefficient (Wildman–Crippen LogP) is 3.78. The van der Waals surface area contributed by atoms with Crippen molar-refractivity contribution in [1.82, 2.24) is 4.98 Å².